The van der Waals surface area contributed by atoms with E-state index in [1.165, 1.54) is 5.39 Å². The molecule has 2 heterocycles. The van der Waals surface area contributed by atoms with Crippen molar-refractivity contribution in [3.05, 3.63) is 11.4 Å². The first-order chi connectivity index (χ1) is 7.85. The van der Waals surface area contributed by atoms with Gasteiger partial charge in [-0.3, -0.25) is 0 Å². The maximum absolute atomic E-state index is 4.55. The van der Waals surface area contributed by atoms with E-state index in [2.05, 4.69) is 40.6 Å². The molecular formula is C11H15N3S2. The Morgan fingerprint density at radius 3 is 3.00 bits per heavy atom. The zero-order chi connectivity index (χ0) is 11.4. The second kappa shape index (κ2) is 5.50. The highest BCUT2D eigenvalue weighted by Gasteiger charge is 2.08. The van der Waals surface area contributed by atoms with Gasteiger partial charge in [0, 0.05) is 11.9 Å². The third-order valence-electron chi connectivity index (χ3n) is 2.10. The predicted octanol–water partition coefficient (Wildman–Crippen LogP) is 3.63. The van der Waals surface area contributed by atoms with E-state index >= 15 is 0 Å². The summed E-state index contributed by atoms with van der Waals surface area (Å²) < 4.78 is 0. The zero-order valence-corrected chi connectivity index (χ0v) is 11.1. The summed E-state index contributed by atoms with van der Waals surface area (Å²) in [5.41, 5.74) is 0. The van der Waals surface area contributed by atoms with E-state index in [4.69, 9.17) is 0 Å². The summed E-state index contributed by atoms with van der Waals surface area (Å²) in [4.78, 5) is 10.1. The normalized spacial score (nSPS) is 10.9. The van der Waals surface area contributed by atoms with E-state index in [1.807, 2.05) is 0 Å². The summed E-state index contributed by atoms with van der Waals surface area (Å²) in [6.45, 7) is 5.20. The third-order valence-corrected chi connectivity index (χ3v) is 3.78. The van der Waals surface area contributed by atoms with E-state index in [9.17, 15) is 0 Å². The lowest BCUT2D eigenvalue weighted by Crippen LogP contribution is -2.04. The molecule has 2 aromatic rings. The standard InChI is InChI=1S/C11H15N3S2/c1-3-6-12-11-13-9(15-4-2)8-5-7-16-10(8)14-11/h5,7H,3-4,6H2,1-2H3,(H,12,13,14). The molecule has 0 aromatic carbocycles. The molecule has 16 heavy (non-hydrogen) atoms. The monoisotopic (exact) mass is 253 g/mol. The van der Waals surface area contributed by atoms with E-state index in [1.54, 1.807) is 23.1 Å². The first-order valence-corrected chi connectivity index (χ1v) is 7.33. The molecule has 0 atom stereocenters. The molecule has 0 saturated carbocycles. The number of aromatic nitrogens is 2. The molecule has 86 valence electrons. The molecule has 0 aliphatic rings. The van der Waals surface area contributed by atoms with Gasteiger partial charge in [-0.25, -0.2) is 9.97 Å². The fourth-order valence-electron chi connectivity index (χ4n) is 1.39. The number of nitrogens with one attached hydrogen (secondary N) is 1. The van der Waals surface area contributed by atoms with Crippen molar-refractivity contribution in [2.45, 2.75) is 25.3 Å². The van der Waals surface area contributed by atoms with Gasteiger partial charge in [-0.2, -0.15) is 0 Å². The molecule has 0 spiro atoms. The highest BCUT2D eigenvalue weighted by Crippen LogP contribution is 2.29. The van der Waals surface area contributed by atoms with Gasteiger partial charge in [-0.05, 0) is 23.6 Å². The Hall–Kier alpha value is -0.810. The molecule has 0 fully saturated rings. The topological polar surface area (TPSA) is 37.8 Å². The second-order valence-electron chi connectivity index (χ2n) is 3.35. The SMILES string of the molecule is CCCNc1nc(SCC)c2ccsc2n1. The highest BCUT2D eigenvalue weighted by atomic mass is 32.2. The second-order valence-corrected chi connectivity index (χ2v) is 5.50. The largest absolute Gasteiger partial charge is 0.354 e. The summed E-state index contributed by atoms with van der Waals surface area (Å²) >= 11 is 3.44. The van der Waals surface area contributed by atoms with Gasteiger partial charge < -0.3 is 5.32 Å². The van der Waals surface area contributed by atoms with Gasteiger partial charge in [0.1, 0.15) is 9.86 Å². The van der Waals surface area contributed by atoms with Crippen LogP contribution in [0.4, 0.5) is 5.95 Å². The molecule has 2 rings (SSSR count). The minimum Gasteiger partial charge on any atom is -0.354 e. The minimum atomic E-state index is 0.757. The molecule has 3 nitrogen and oxygen atoms in total. The van der Waals surface area contributed by atoms with Gasteiger partial charge in [0.15, 0.2) is 0 Å². The summed E-state index contributed by atoms with van der Waals surface area (Å²) in [7, 11) is 0. The molecule has 5 heteroatoms. The molecule has 0 aliphatic carbocycles. The van der Waals surface area contributed by atoms with Crippen LogP contribution >= 0.6 is 23.1 Å². The average Bonchev–Trinajstić information content (AvgIpc) is 2.75. The number of hydrogen-bond donors (Lipinski definition) is 1. The summed E-state index contributed by atoms with van der Waals surface area (Å²) in [6.07, 6.45) is 1.09. The van der Waals surface area contributed by atoms with Crippen molar-refractivity contribution < 1.29 is 0 Å². The number of thiophene rings is 1. The van der Waals surface area contributed by atoms with E-state index in [-0.39, 0.29) is 0 Å². The van der Waals surface area contributed by atoms with Crippen LogP contribution in [0.1, 0.15) is 20.3 Å². The summed E-state index contributed by atoms with van der Waals surface area (Å²) in [5, 5.41) is 7.59. The van der Waals surface area contributed by atoms with Crippen LogP contribution in [0.3, 0.4) is 0 Å². The molecule has 0 saturated heterocycles. The molecule has 0 aliphatic heterocycles. The summed E-state index contributed by atoms with van der Waals surface area (Å²) in [6, 6.07) is 2.10. The lowest BCUT2D eigenvalue weighted by Gasteiger charge is -2.05. The van der Waals surface area contributed by atoms with Crippen molar-refractivity contribution in [2.75, 3.05) is 17.6 Å². The van der Waals surface area contributed by atoms with Crippen LogP contribution in [0.2, 0.25) is 0 Å². The van der Waals surface area contributed by atoms with Crippen LogP contribution in [0.15, 0.2) is 16.5 Å². The molecular weight excluding hydrogens is 238 g/mol. The molecule has 0 radical (unpaired) electrons. The van der Waals surface area contributed by atoms with Crippen LogP contribution in [0.5, 0.6) is 0 Å². The van der Waals surface area contributed by atoms with Gasteiger partial charge in [0.05, 0.1) is 0 Å². The fourth-order valence-corrected chi connectivity index (χ4v) is 2.96. The Bertz CT molecular complexity index is 467. The smallest absolute Gasteiger partial charge is 0.225 e. The van der Waals surface area contributed by atoms with E-state index in [0.29, 0.717) is 0 Å². The first kappa shape index (κ1) is 11.7. The number of rotatable bonds is 5. The quantitative estimate of drug-likeness (QED) is 0.652. The Morgan fingerprint density at radius 1 is 1.38 bits per heavy atom. The van der Waals surface area contributed by atoms with Gasteiger partial charge in [0.25, 0.3) is 0 Å². The van der Waals surface area contributed by atoms with Crippen molar-refractivity contribution in [3.63, 3.8) is 0 Å². The maximum atomic E-state index is 4.55. The average molecular weight is 253 g/mol. The van der Waals surface area contributed by atoms with Crippen molar-refractivity contribution >= 4 is 39.3 Å². The van der Waals surface area contributed by atoms with Crippen molar-refractivity contribution in [1.82, 2.24) is 9.97 Å². The van der Waals surface area contributed by atoms with Crippen molar-refractivity contribution in [3.8, 4) is 0 Å². The number of nitrogens with zero attached hydrogens (tertiary/aromatic N) is 2. The van der Waals surface area contributed by atoms with Crippen molar-refractivity contribution in [1.29, 1.82) is 0 Å². The number of anilines is 1. The van der Waals surface area contributed by atoms with Crippen LogP contribution < -0.4 is 5.32 Å². The molecule has 0 bridgehead atoms. The van der Waals surface area contributed by atoms with Crippen LogP contribution in [-0.2, 0) is 0 Å². The van der Waals surface area contributed by atoms with Crippen LogP contribution in [-0.4, -0.2) is 22.3 Å². The fraction of sp³-hybridized carbons (Fsp3) is 0.455. The van der Waals surface area contributed by atoms with Gasteiger partial charge in [-0.1, -0.05) is 13.8 Å². The first-order valence-electron chi connectivity index (χ1n) is 5.47. The number of fused-ring (bicyclic) bond motifs is 1. The van der Waals surface area contributed by atoms with Crippen molar-refractivity contribution in [2.24, 2.45) is 0 Å². The third kappa shape index (κ3) is 2.47. The molecule has 0 unspecified atom stereocenters. The Kier molecular flexibility index (Phi) is 4.01. The minimum absolute atomic E-state index is 0.757. The van der Waals surface area contributed by atoms with E-state index in [0.717, 1.165) is 34.5 Å². The van der Waals surface area contributed by atoms with Gasteiger partial charge in [-0.15, -0.1) is 23.1 Å². The number of hydrogen-bond acceptors (Lipinski definition) is 5. The maximum Gasteiger partial charge on any atom is 0.225 e. The van der Waals surface area contributed by atoms with Crippen LogP contribution in [0, 0.1) is 0 Å². The lowest BCUT2D eigenvalue weighted by atomic mass is 10.4. The Labute approximate surface area is 104 Å². The Morgan fingerprint density at radius 2 is 2.25 bits per heavy atom. The molecule has 2 aromatic heterocycles. The van der Waals surface area contributed by atoms with Crippen LogP contribution in [0.25, 0.3) is 10.2 Å². The Balaban J connectivity index is 2.36. The molecule has 0 amide bonds. The van der Waals surface area contributed by atoms with E-state index < -0.39 is 0 Å². The van der Waals surface area contributed by atoms with Gasteiger partial charge in [0.2, 0.25) is 5.95 Å². The zero-order valence-electron chi connectivity index (χ0n) is 9.49. The lowest BCUT2D eigenvalue weighted by molar-refractivity contribution is 0.947. The summed E-state index contributed by atoms with van der Waals surface area (Å²) in [5.74, 6) is 1.79. The predicted molar refractivity (Wildman–Crippen MR) is 72.6 cm³/mol. The highest BCUT2D eigenvalue weighted by molar-refractivity contribution is 7.99. The molecule has 1 N–H and O–H groups in total. The van der Waals surface area contributed by atoms with Gasteiger partial charge >= 0.3 is 0 Å². The number of thioether (sulfide) groups is 1.